The van der Waals surface area contributed by atoms with Gasteiger partial charge in [-0.15, -0.1) is 0 Å². The number of nitrogens with two attached hydrogens (primary N) is 1. The number of likely N-dealkylation sites (tertiary alicyclic amines) is 1. The first-order valence-electron chi connectivity index (χ1n) is 9.01. The van der Waals surface area contributed by atoms with Gasteiger partial charge in [0.25, 0.3) is 5.91 Å². The lowest BCUT2D eigenvalue weighted by molar-refractivity contribution is -0.136. The Balaban J connectivity index is 1.94. The van der Waals surface area contributed by atoms with Gasteiger partial charge in [0.15, 0.2) is 5.60 Å². The highest BCUT2D eigenvalue weighted by Gasteiger charge is 2.42. The van der Waals surface area contributed by atoms with Crippen LogP contribution in [0.5, 0.6) is 5.75 Å². The average Bonchev–Trinajstić information content (AvgIpc) is 3.12. The van der Waals surface area contributed by atoms with Gasteiger partial charge in [-0.25, -0.2) is 0 Å². The predicted molar refractivity (Wildman–Crippen MR) is 96.5 cm³/mol. The normalized spacial score (nSPS) is 20.2. The fraction of sp³-hybridized carbons (Fsp3) is 0.579. The number of hydrogen-bond donors (Lipinski definition) is 1. The van der Waals surface area contributed by atoms with Gasteiger partial charge in [-0.2, -0.15) is 0 Å². The highest BCUT2D eigenvalue weighted by atomic mass is 16.5. The van der Waals surface area contributed by atoms with Crippen molar-refractivity contribution >= 4 is 17.5 Å². The van der Waals surface area contributed by atoms with Crippen LogP contribution < -0.4 is 15.4 Å². The Hall–Kier alpha value is -2.08. The zero-order valence-electron chi connectivity index (χ0n) is 15.2. The number of amides is 2. The lowest BCUT2D eigenvalue weighted by Gasteiger charge is -2.39. The molecule has 6 heteroatoms. The second-order valence-electron chi connectivity index (χ2n) is 7.33. The maximum Gasteiger partial charge on any atom is 0.271 e. The van der Waals surface area contributed by atoms with Crippen molar-refractivity contribution in [3.8, 4) is 5.75 Å². The van der Waals surface area contributed by atoms with Crippen molar-refractivity contribution in [1.29, 1.82) is 0 Å². The Bertz CT molecular complexity index is 680. The Morgan fingerprint density at radius 1 is 1.32 bits per heavy atom. The molecular weight excluding hydrogens is 318 g/mol. The Labute approximate surface area is 148 Å². The van der Waals surface area contributed by atoms with Crippen LogP contribution in [-0.4, -0.2) is 41.9 Å². The zero-order chi connectivity index (χ0) is 18.2. The molecule has 1 aromatic carbocycles. The number of hydrogen-bond acceptors (Lipinski definition) is 4. The number of ether oxygens (including phenoxy) is 1. The topological polar surface area (TPSA) is 75.9 Å². The Morgan fingerprint density at radius 2 is 2.00 bits per heavy atom. The molecule has 2 N–H and O–H groups in total. The predicted octanol–water partition coefficient (Wildman–Crippen LogP) is 2.22. The fourth-order valence-corrected chi connectivity index (χ4v) is 3.41. The van der Waals surface area contributed by atoms with E-state index in [1.165, 1.54) is 0 Å². The summed E-state index contributed by atoms with van der Waals surface area (Å²) in [5.41, 5.74) is 6.73. The second kappa shape index (κ2) is 6.67. The quantitative estimate of drug-likeness (QED) is 0.908. The summed E-state index contributed by atoms with van der Waals surface area (Å²) >= 11 is 0. The second-order valence-corrected chi connectivity index (χ2v) is 7.33. The third kappa shape index (κ3) is 3.35. The van der Waals surface area contributed by atoms with Crippen molar-refractivity contribution in [2.75, 3.05) is 24.5 Å². The smallest absolute Gasteiger partial charge is 0.271 e. The maximum absolute atomic E-state index is 12.9. The molecule has 6 nitrogen and oxygen atoms in total. The maximum atomic E-state index is 12.9. The molecule has 2 aliphatic rings. The third-order valence-corrected chi connectivity index (χ3v) is 5.02. The van der Waals surface area contributed by atoms with Crippen LogP contribution in [0.2, 0.25) is 0 Å². The van der Waals surface area contributed by atoms with Crippen LogP contribution in [-0.2, 0) is 9.59 Å². The van der Waals surface area contributed by atoms with Gasteiger partial charge in [0, 0.05) is 19.1 Å². The van der Waals surface area contributed by atoms with Crippen LogP contribution in [0.15, 0.2) is 18.2 Å². The minimum Gasteiger partial charge on any atom is -0.476 e. The number of nitrogens with zero attached hydrogens (tertiary/aromatic N) is 2. The van der Waals surface area contributed by atoms with Gasteiger partial charge in [0.2, 0.25) is 5.91 Å². The Morgan fingerprint density at radius 3 is 2.64 bits per heavy atom. The molecule has 2 aliphatic heterocycles. The molecule has 0 spiro atoms. The highest BCUT2D eigenvalue weighted by molar-refractivity contribution is 6.05. The van der Waals surface area contributed by atoms with Gasteiger partial charge < -0.3 is 15.4 Å². The summed E-state index contributed by atoms with van der Waals surface area (Å²) in [6.45, 7) is 7.07. The van der Waals surface area contributed by atoms with E-state index in [0.29, 0.717) is 11.4 Å². The summed E-state index contributed by atoms with van der Waals surface area (Å²) in [5.74, 6) is 0.403. The molecule has 136 valence electrons. The monoisotopic (exact) mass is 345 g/mol. The van der Waals surface area contributed by atoms with Crippen LogP contribution in [0.25, 0.3) is 0 Å². The molecule has 1 unspecified atom stereocenters. The summed E-state index contributed by atoms with van der Waals surface area (Å²) in [7, 11) is 0. The third-order valence-electron chi connectivity index (χ3n) is 5.02. The number of rotatable bonds is 4. The van der Waals surface area contributed by atoms with Gasteiger partial charge in [-0.1, -0.05) is 13.0 Å². The molecule has 0 saturated carbocycles. The van der Waals surface area contributed by atoms with Crippen molar-refractivity contribution in [2.24, 2.45) is 5.73 Å². The lowest BCUT2D eigenvalue weighted by Crippen LogP contribution is -2.55. The van der Waals surface area contributed by atoms with Crippen molar-refractivity contribution in [1.82, 2.24) is 4.90 Å². The van der Waals surface area contributed by atoms with E-state index in [-0.39, 0.29) is 24.4 Å². The standard InChI is InChI=1S/C19H27N3O3/c1-4-14(20)13-7-8-16-15(11-13)22(18(24)19(2,3)25-16)12-17(23)21-9-5-6-10-21/h7-8,11,14H,4-6,9-10,12,20H2,1-3H3. The molecule has 0 bridgehead atoms. The van der Waals surface area contributed by atoms with Gasteiger partial charge in [-0.05, 0) is 50.8 Å². The molecule has 1 atom stereocenters. The fourth-order valence-electron chi connectivity index (χ4n) is 3.41. The number of carbonyl (C=O) groups excluding carboxylic acids is 2. The largest absolute Gasteiger partial charge is 0.476 e. The number of anilines is 1. The van der Waals surface area contributed by atoms with Crippen LogP contribution in [0.1, 0.15) is 51.6 Å². The van der Waals surface area contributed by atoms with Crippen LogP contribution >= 0.6 is 0 Å². The first-order valence-corrected chi connectivity index (χ1v) is 9.01. The highest BCUT2D eigenvalue weighted by Crippen LogP contribution is 2.39. The summed E-state index contributed by atoms with van der Waals surface area (Å²) in [4.78, 5) is 28.9. The van der Waals surface area contributed by atoms with Crippen LogP contribution in [0, 0.1) is 0 Å². The van der Waals surface area contributed by atoms with Gasteiger partial charge in [-0.3, -0.25) is 14.5 Å². The van der Waals surface area contributed by atoms with E-state index in [1.807, 2.05) is 30.0 Å². The van der Waals surface area contributed by atoms with Crippen molar-refractivity contribution in [3.63, 3.8) is 0 Å². The molecule has 0 aliphatic carbocycles. The van der Waals surface area contributed by atoms with Gasteiger partial charge >= 0.3 is 0 Å². The van der Waals surface area contributed by atoms with Crippen molar-refractivity contribution in [3.05, 3.63) is 23.8 Å². The molecule has 1 saturated heterocycles. The minimum atomic E-state index is -0.993. The number of benzene rings is 1. The van der Waals surface area contributed by atoms with E-state index in [2.05, 4.69) is 0 Å². The molecule has 1 aromatic rings. The van der Waals surface area contributed by atoms with Crippen molar-refractivity contribution in [2.45, 2.75) is 51.7 Å². The summed E-state index contributed by atoms with van der Waals surface area (Å²) in [5, 5.41) is 0. The van der Waals surface area contributed by atoms with Gasteiger partial charge in [0.1, 0.15) is 12.3 Å². The first kappa shape index (κ1) is 17.7. The number of fused-ring (bicyclic) bond motifs is 1. The molecule has 0 aromatic heterocycles. The Kier molecular flexibility index (Phi) is 4.73. The van der Waals surface area contributed by atoms with E-state index in [9.17, 15) is 9.59 Å². The summed E-state index contributed by atoms with van der Waals surface area (Å²) < 4.78 is 5.88. The minimum absolute atomic E-state index is 0.0142. The molecule has 0 radical (unpaired) electrons. The van der Waals surface area contributed by atoms with Crippen LogP contribution in [0.4, 0.5) is 5.69 Å². The van der Waals surface area contributed by atoms with Crippen LogP contribution in [0.3, 0.4) is 0 Å². The summed E-state index contributed by atoms with van der Waals surface area (Å²) in [6, 6.07) is 5.56. The van der Waals surface area contributed by atoms with Crippen molar-refractivity contribution < 1.29 is 14.3 Å². The van der Waals surface area contributed by atoms with Gasteiger partial charge in [0.05, 0.1) is 5.69 Å². The molecular formula is C19H27N3O3. The van der Waals surface area contributed by atoms with E-state index in [1.54, 1.807) is 18.7 Å². The lowest BCUT2D eigenvalue weighted by atomic mass is 9.99. The average molecular weight is 345 g/mol. The molecule has 1 fully saturated rings. The van der Waals surface area contributed by atoms with E-state index in [0.717, 1.165) is 37.9 Å². The first-order chi connectivity index (χ1) is 11.8. The number of carbonyl (C=O) groups is 2. The zero-order valence-corrected chi connectivity index (χ0v) is 15.2. The molecule has 25 heavy (non-hydrogen) atoms. The molecule has 3 rings (SSSR count). The van der Waals surface area contributed by atoms with E-state index in [4.69, 9.17) is 10.5 Å². The van der Waals surface area contributed by atoms with E-state index < -0.39 is 5.60 Å². The summed E-state index contributed by atoms with van der Waals surface area (Å²) in [6.07, 6.45) is 2.85. The van der Waals surface area contributed by atoms with E-state index >= 15 is 0 Å². The molecule has 2 heterocycles. The molecule has 2 amide bonds. The SMILES string of the molecule is CCC(N)c1ccc2c(c1)N(CC(=O)N1CCCC1)C(=O)C(C)(C)O2.